The number of H-pyrrole nitrogens is 2. The van der Waals surface area contributed by atoms with Gasteiger partial charge in [-0.25, -0.2) is 4.98 Å². The maximum absolute atomic E-state index is 13.5. The number of carbonyl (C=O) groups excluding carboxylic acids is 1. The first-order valence-corrected chi connectivity index (χ1v) is 21.0. The summed E-state index contributed by atoms with van der Waals surface area (Å²) in [5.41, 5.74) is 14.0. The number of fused-ring (bicyclic) bond motifs is 8. The standard InChI is InChI=1S/C44H59N5O6S/c1-9-28-25(5)34-21-37-29(10-2)24(4)33(46-37)20-35-26(6)30(40(48-35)27(7)32-18-23(3)31(45-32)19-36(28)47-34)14-15-39(51)49(8)16-12-11-13-17-56-44-43(54)42(53)41(52)38(22-50)55-44/h10,18-21,26,30,38,41-46,50,52-54H,2,9,11-17,22H2,1,3-8H3/t26-,30-,38+,41+,42-,43+,44-/m0/s1. The average Bonchev–Trinajstić information content (AvgIpc) is 3.89. The summed E-state index contributed by atoms with van der Waals surface area (Å²) in [6.07, 6.45) is 1.56. The fraction of sp³-hybridized carbons (Fsp3) is 0.523. The minimum Gasteiger partial charge on any atom is -0.394 e. The SMILES string of the molecule is C=Cc1c(C)c2cc3nc(c(C)c4cc(C)c(cc5nc(cc1[nH]2)C(C)=C5CC)[nH]4)[C@@H](CCC(=O)N(C)CCCCCS[C@@H]1O[C@H](CO)[C@@H](O)[C@H](O)[C@H]1O)[C@@H]3C. The molecule has 3 aliphatic heterocycles. The number of allylic oxidation sites excluding steroid dienone is 2. The molecule has 56 heavy (non-hydrogen) atoms. The van der Waals surface area contributed by atoms with Gasteiger partial charge in [0.2, 0.25) is 5.91 Å². The highest BCUT2D eigenvalue weighted by atomic mass is 32.2. The number of thioether (sulfide) groups is 1. The molecule has 12 heteroatoms. The number of aryl methyl sites for hydroxylation is 3. The van der Waals surface area contributed by atoms with E-state index in [2.05, 4.69) is 82.4 Å². The fourth-order valence-corrected chi connectivity index (χ4v) is 9.48. The van der Waals surface area contributed by atoms with Crippen LogP contribution < -0.4 is 0 Å². The lowest BCUT2D eigenvalue weighted by atomic mass is 9.86. The van der Waals surface area contributed by atoms with Crippen LogP contribution in [0.15, 0.2) is 30.8 Å². The molecule has 6 N–H and O–H groups in total. The maximum atomic E-state index is 13.5. The molecular formula is C44H59N5O6S. The Kier molecular flexibility index (Phi) is 13.3. The Morgan fingerprint density at radius 2 is 1.64 bits per heavy atom. The molecule has 1 fully saturated rings. The van der Waals surface area contributed by atoms with Crippen molar-refractivity contribution in [2.45, 2.75) is 122 Å². The number of aliphatic hydroxyl groups is 4. The first-order valence-electron chi connectivity index (χ1n) is 20.0. The number of unbranched alkanes of at least 4 members (excludes halogenated alkanes) is 2. The summed E-state index contributed by atoms with van der Waals surface area (Å²) in [5, 5.41) is 39.8. The number of carbonyl (C=O) groups is 1. The largest absolute Gasteiger partial charge is 0.394 e. The Morgan fingerprint density at radius 3 is 2.36 bits per heavy atom. The second-order valence-corrected chi connectivity index (χ2v) is 16.9. The Balaban J connectivity index is 1.19. The number of amides is 1. The lowest BCUT2D eigenvalue weighted by molar-refractivity contribution is -0.205. The summed E-state index contributed by atoms with van der Waals surface area (Å²) in [7, 11) is 1.86. The molecule has 302 valence electrons. The predicted molar refractivity (Wildman–Crippen MR) is 226 cm³/mol. The van der Waals surface area contributed by atoms with E-state index in [0.717, 1.165) is 92.8 Å². The van der Waals surface area contributed by atoms with E-state index in [4.69, 9.17) is 14.7 Å². The minimum absolute atomic E-state index is 0.0539. The highest BCUT2D eigenvalue weighted by Crippen LogP contribution is 2.42. The monoisotopic (exact) mass is 785 g/mol. The van der Waals surface area contributed by atoms with E-state index in [9.17, 15) is 25.2 Å². The molecule has 6 heterocycles. The zero-order valence-electron chi connectivity index (χ0n) is 33.9. The Bertz CT molecular complexity index is 2140. The number of aromatic nitrogens is 4. The predicted octanol–water partition coefficient (Wildman–Crippen LogP) is 7.05. The summed E-state index contributed by atoms with van der Waals surface area (Å²) < 4.78 is 5.60. The van der Waals surface area contributed by atoms with Crippen molar-refractivity contribution in [2.24, 2.45) is 0 Å². The van der Waals surface area contributed by atoms with Crippen LogP contribution in [-0.2, 0) is 9.53 Å². The summed E-state index contributed by atoms with van der Waals surface area (Å²) in [6, 6.07) is 8.66. The van der Waals surface area contributed by atoms with E-state index in [1.807, 2.05) is 18.0 Å². The molecule has 6 rings (SSSR count). The Hall–Kier alpha value is -3.78. The van der Waals surface area contributed by atoms with Gasteiger partial charge in [0.25, 0.3) is 0 Å². The zero-order chi connectivity index (χ0) is 40.4. The number of aliphatic hydroxyl groups excluding tert-OH is 4. The van der Waals surface area contributed by atoms with E-state index >= 15 is 0 Å². The first kappa shape index (κ1) is 41.8. The highest BCUT2D eigenvalue weighted by molar-refractivity contribution is 7.99. The third-order valence-corrected chi connectivity index (χ3v) is 13.3. The molecule has 0 unspecified atom stereocenters. The zero-order valence-corrected chi connectivity index (χ0v) is 34.7. The van der Waals surface area contributed by atoms with E-state index < -0.39 is 36.5 Å². The van der Waals surface area contributed by atoms with Crippen LogP contribution in [0.5, 0.6) is 0 Å². The number of aromatic amines is 2. The molecule has 7 atom stereocenters. The smallest absolute Gasteiger partial charge is 0.222 e. The van der Waals surface area contributed by atoms with Crippen LogP contribution in [-0.4, -0.2) is 107 Å². The molecule has 11 nitrogen and oxygen atoms in total. The van der Waals surface area contributed by atoms with Gasteiger partial charge in [0.1, 0.15) is 29.9 Å². The number of ether oxygens (including phenoxy) is 1. The van der Waals surface area contributed by atoms with Gasteiger partial charge in [0, 0.05) is 70.9 Å². The molecular weight excluding hydrogens is 727 g/mol. The van der Waals surface area contributed by atoms with Crippen molar-refractivity contribution < 1.29 is 30.0 Å². The molecule has 3 aromatic rings. The van der Waals surface area contributed by atoms with Crippen LogP contribution in [0.25, 0.3) is 39.3 Å². The minimum atomic E-state index is -1.36. The number of hydrogen-bond acceptors (Lipinski definition) is 9. The van der Waals surface area contributed by atoms with Gasteiger partial charge in [-0.1, -0.05) is 32.9 Å². The van der Waals surface area contributed by atoms with Gasteiger partial charge in [-0.15, -0.1) is 11.8 Å². The summed E-state index contributed by atoms with van der Waals surface area (Å²) in [4.78, 5) is 33.1. The van der Waals surface area contributed by atoms with Crippen molar-refractivity contribution in [1.29, 1.82) is 0 Å². The van der Waals surface area contributed by atoms with Crippen LogP contribution in [0, 0.1) is 20.8 Å². The van der Waals surface area contributed by atoms with Crippen molar-refractivity contribution in [3.05, 3.63) is 75.9 Å². The number of nitrogens with zero attached hydrogens (tertiary/aromatic N) is 3. The van der Waals surface area contributed by atoms with Crippen LogP contribution in [0.4, 0.5) is 0 Å². The maximum Gasteiger partial charge on any atom is 0.222 e. The highest BCUT2D eigenvalue weighted by Gasteiger charge is 2.43. The van der Waals surface area contributed by atoms with Gasteiger partial charge < -0.3 is 40.0 Å². The Morgan fingerprint density at radius 1 is 0.929 bits per heavy atom. The van der Waals surface area contributed by atoms with Gasteiger partial charge >= 0.3 is 0 Å². The van der Waals surface area contributed by atoms with E-state index in [-0.39, 0.29) is 17.7 Å². The molecule has 1 saturated heterocycles. The second-order valence-electron chi connectivity index (χ2n) is 15.7. The summed E-state index contributed by atoms with van der Waals surface area (Å²) >= 11 is 1.36. The topological polar surface area (TPSA) is 168 Å². The average molecular weight is 786 g/mol. The van der Waals surface area contributed by atoms with Gasteiger partial charge in [-0.2, -0.15) is 0 Å². The third kappa shape index (κ3) is 8.42. The molecule has 0 aliphatic carbocycles. The van der Waals surface area contributed by atoms with Crippen molar-refractivity contribution in [1.82, 2.24) is 24.8 Å². The third-order valence-electron chi connectivity index (χ3n) is 12.0. The normalized spacial score (nSPS) is 23.8. The quantitative estimate of drug-likeness (QED) is 0.0996. The number of nitrogens with one attached hydrogen (secondary N) is 2. The van der Waals surface area contributed by atoms with Gasteiger partial charge in [-0.3, -0.25) is 9.78 Å². The van der Waals surface area contributed by atoms with Gasteiger partial charge in [0.05, 0.1) is 18.0 Å². The van der Waals surface area contributed by atoms with Crippen molar-refractivity contribution in [3.63, 3.8) is 0 Å². The van der Waals surface area contributed by atoms with E-state index in [1.165, 1.54) is 22.9 Å². The second kappa shape index (κ2) is 17.8. The molecule has 0 aromatic carbocycles. The van der Waals surface area contributed by atoms with Crippen LogP contribution in [0.2, 0.25) is 0 Å². The number of rotatable bonds is 13. The van der Waals surface area contributed by atoms with Crippen molar-refractivity contribution in [2.75, 3.05) is 26.0 Å². The molecule has 8 bridgehead atoms. The number of hydrogen-bond donors (Lipinski definition) is 6. The molecule has 3 aliphatic rings. The van der Waals surface area contributed by atoms with Crippen LogP contribution >= 0.6 is 11.8 Å². The first-order chi connectivity index (χ1) is 26.8. The lowest BCUT2D eigenvalue weighted by Gasteiger charge is -2.39. The van der Waals surface area contributed by atoms with Crippen molar-refractivity contribution >= 4 is 57.0 Å². The van der Waals surface area contributed by atoms with E-state index in [0.29, 0.717) is 25.1 Å². The van der Waals surface area contributed by atoms with Gasteiger partial charge in [0.15, 0.2) is 0 Å². The molecule has 0 radical (unpaired) electrons. The van der Waals surface area contributed by atoms with Gasteiger partial charge in [-0.05, 0) is 111 Å². The fourth-order valence-electron chi connectivity index (χ4n) is 8.30. The molecule has 0 spiro atoms. The Labute approximate surface area is 334 Å². The van der Waals surface area contributed by atoms with Crippen LogP contribution in [0.1, 0.15) is 116 Å². The van der Waals surface area contributed by atoms with Crippen LogP contribution in [0.3, 0.4) is 0 Å². The van der Waals surface area contributed by atoms with Crippen molar-refractivity contribution in [3.8, 4) is 0 Å². The van der Waals surface area contributed by atoms with E-state index in [1.54, 1.807) is 0 Å². The summed E-state index contributed by atoms with van der Waals surface area (Å²) in [6.45, 7) is 17.3. The summed E-state index contributed by atoms with van der Waals surface area (Å²) in [5.74, 6) is 0.924. The lowest BCUT2D eigenvalue weighted by Crippen LogP contribution is -2.57. The molecule has 1 amide bonds. The molecule has 3 aromatic heterocycles. The molecule has 0 saturated carbocycles.